The third-order valence-electron chi connectivity index (χ3n) is 4.17. The van der Waals surface area contributed by atoms with Gasteiger partial charge >= 0.3 is 0 Å². The molecule has 0 saturated carbocycles. The number of sulfonamides is 1. The van der Waals surface area contributed by atoms with Crippen LogP contribution < -0.4 is 19.1 Å². The van der Waals surface area contributed by atoms with Gasteiger partial charge in [-0.3, -0.25) is 9.59 Å². The van der Waals surface area contributed by atoms with Crippen molar-refractivity contribution in [2.24, 2.45) is 0 Å². The van der Waals surface area contributed by atoms with E-state index >= 15 is 0 Å². The second-order valence-corrected chi connectivity index (χ2v) is 8.25. The topological polar surface area (TPSA) is 102 Å². The molecule has 0 aliphatic carbocycles. The van der Waals surface area contributed by atoms with E-state index in [0.29, 0.717) is 21.5 Å². The fourth-order valence-electron chi connectivity index (χ4n) is 2.77. The van der Waals surface area contributed by atoms with Crippen molar-refractivity contribution in [2.75, 3.05) is 29.6 Å². The van der Waals surface area contributed by atoms with Gasteiger partial charge in [0, 0.05) is 12.5 Å². The van der Waals surface area contributed by atoms with Crippen molar-refractivity contribution in [3.63, 3.8) is 0 Å². The lowest BCUT2D eigenvalue weighted by atomic mass is 10.1. The monoisotopic (exact) mass is 424 g/mol. The van der Waals surface area contributed by atoms with Crippen LogP contribution in [0.2, 0.25) is 5.02 Å². The second-order valence-electron chi connectivity index (χ2n) is 5.91. The van der Waals surface area contributed by atoms with E-state index in [1.54, 1.807) is 18.2 Å². The van der Waals surface area contributed by atoms with Gasteiger partial charge < -0.3 is 14.8 Å². The minimum atomic E-state index is -3.71. The molecule has 2 aromatic carbocycles. The fourth-order valence-corrected chi connectivity index (χ4v) is 4.49. The third-order valence-corrected chi connectivity index (χ3v) is 6.17. The van der Waals surface area contributed by atoms with Crippen LogP contribution >= 0.6 is 11.6 Å². The van der Waals surface area contributed by atoms with Crippen molar-refractivity contribution in [3.8, 4) is 11.5 Å². The largest absolute Gasteiger partial charge is 0.497 e. The van der Waals surface area contributed by atoms with Gasteiger partial charge in [-0.05, 0) is 30.3 Å². The number of hydrogen-bond donors (Lipinski definition) is 1. The van der Waals surface area contributed by atoms with Crippen LogP contribution in [0.1, 0.15) is 16.8 Å². The summed E-state index contributed by atoms with van der Waals surface area (Å²) in [6.07, 6.45) is -0.0839. The number of carbonyl (C=O) groups excluding carboxylic acids is 2. The van der Waals surface area contributed by atoms with Gasteiger partial charge in [0.25, 0.3) is 5.91 Å². The molecule has 0 aromatic heterocycles. The molecule has 1 heterocycles. The van der Waals surface area contributed by atoms with Gasteiger partial charge in [0.15, 0.2) is 0 Å². The lowest BCUT2D eigenvalue weighted by Crippen LogP contribution is -2.29. The van der Waals surface area contributed by atoms with Gasteiger partial charge in [-0.25, -0.2) is 12.7 Å². The average molecular weight is 425 g/mol. The normalized spacial score (nSPS) is 15.4. The molecule has 0 radical (unpaired) electrons. The zero-order chi connectivity index (χ0) is 20.5. The minimum absolute atomic E-state index is 0.0115. The second kappa shape index (κ2) is 7.69. The minimum Gasteiger partial charge on any atom is -0.497 e. The SMILES string of the molecule is COc1ccc(NC(=O)c2ccc(N3C(=O)CCS3(=O)=O)cc2Cl)c(OC)c1. The molecule has 148 valence electrons. The summed E-state index contributed by atoms with van der Waals surface area (Å²) >= 11 is 6.19. The van der Waals surface area contributed by atoms with Crippen molar-refractivity contribution >= 4 is 44.8 Å². The van der Waals surface area contributed by atoms with Gasteiger partial charge in [0.2, 0.25) is 15.9 Å². The Morgan fingerprint density at radius 1 is 1.14 bits per heavy atom. The van der Waals surface area contributed by atoms with Crippen LogP contribution in [0.3, 0.4) is 0 Å². The van der Waals surface area contributed by atoms with E-state index in [1.807, 2.05) is 0 Å². The molecule has 3 rings (SSSR count). The summed E-state index contributed by atoms with van der Waals surface area (Å²) in [5.74, 6) is -0.335. The maximum atomic E-state index is 12.6. The Morgan fingerprint density at radius 3 is 2.46 bits per heavy atom. The number of amides is 2. The van der Waals surface area contributed by atoms with Crippen LogP contribution in [0.5, 0.6) is 11.5 Å². The van der Waals surface area contributed by atoms with E-state index < -0.39 is 21.8 Å². The van der Waals surface area contributed by atoms with Crippen LogP contribution in [-0.4, -0.2) is 40.2 Å². The summed E-state index contributed by atoms with van der Waals surface area (Å²) in [4.78, 5) is 24.5. The number of hydrogen-bond acceptors (Lipinski definition) is 6. The number of nitrogens with one attached hydrogen (secondary N) is 1. The van der Waals surface area contributed by atoms with Crippen molar-refractivity contribution < 1.29 is 27.5 Å². The standard InChI is InChI=1S/C18H17ClN2O6S/c1-26-12-4-6-15(16(10-12)27-2)20-18(23)13-5-3-11(9-14(13)19)21-17(22)7-8-28(21,24)25/h3-6,9-10H,7-8H2,1-2H3,(H,20,23). The maximum absolute atomic E-state index is 12.6. The lowest BCUT2D eigenvalue weighted by molar-refractivity contribution is -0.116. The fraction of sp³-hybridized carbons (Fsp3) is 0.222. The van der Waals surface area contributed by atoms with Gasteiger partial charge in [0.05, 0.1) is 41.9 Å². The molecule has 1 fully saturated rings. The molecule has 1 N–H and O–H groups in total. The van der Waals surface area contributed by atoms with Gasteiger partial charge in [0.1, 0.15) is 11.5 Å². The molecule has 1 aliphatic heterocycles. The molecule has 10 heteroatoms. The highest BCUT2D eigenvalue weighted by Gasteiger charge is 2.36. The molecule has 8 nitrogen and oxygen atoms in total. The Hall–Kier alpha value is -2.78. The van der Waals surface area contributed by atoms with Crippen molar-refractivity contribution in [3.05, 3.63) is 47.0 Å². The Bertz CT molecular complexity index is 1050. The Balaban J connectivity index is 1.87. The first-order valence-electron chi connectivity index (χ1n) is 8.15. The number of halogens is 1. The van der Waals surface area contributed by atoms with Crippen molar-refractivity contribution in [2.45, 2.75) is 6.42 Å². The first-order valence-corrected chi connectivity index (χ1v) is 10.1. The number of ether oxygens (including phenoxy) is 2. The maximum Gasteiger partial charge on any atom is 0.257 e. The highest BCUT2D eigenvalue weighted by molar-refractivity contribution is 7.94. The number of rotatable bonds is 5. The van der Waals surface area contributed by atoms with Crippen LogP contribution in [-0.2, 0) is 14.8 Å². The summed E-state index contributed by atoms with van der Waals surface area (Å²) in [5.41, 5.74) is 0.629. The van der Waals surface area contributed by atoms with Crippen LogP contribution in [0.25, 0.3) is 0 Å². The van der Waals surface area contributed by atoms with E-state index in [1.165, 1.54) is 32.4 Å². The summed E-state index contributed by atoms with van der Waals surface area (Å²) in [6.45, 7) is 0. The Morgan fingerprint density at radius 2 is 1.89 bits per heavy atom. The summed E-state index contributed by atoms with van der Waals surface area (Å²) in [6, 6.07) is 8.91. The van der Waals surface area contributed by atoms with Gasteiger partial charge in [-0.2, -0.15) is 0 Å². The number of methoxy groups -OCH3 is 2. The Labute approximate surface area is 167 Å². The predicted octanol–water partition coefficient (Wildman–Crippen LogP) is 2.68. The number of nitrogens with zero attached hydrogens (tertiary/aromatic N) is 1. The highest BCUT2D eigenvalue weighted by atomic mass is 35.5. The van der Waals surface area contributed by atoms with E-state index in [2.05, 4.69) is 5.32 Å². The summed E-state index contributed by atoms with van der Waals surface area (Å²) < 4.78 is 35.1. The molecule has 1 saturated heterocycles. The van der Waals surface area contributed by atoms with E-state index in [-0.39, 0.29) is 28.4 Å². The third kappa shape index (κ3) is 3.76. The zero-order valence-electron chi connectivity index (χ0n) is 15.1. The molecule has 0 atom stereocenters. The quantitative estimate of drug-likeness (QED) is 0.791. The van der Waals surface area contributed by atoms with Crippen LogP contribution in [0, 0.1) is 0 Å². The van der Waals surface area contributed by atoms with Crippen LogP contribution in [0.15, 0.2) is 36.4 Å². The molecule has 28 heavy (non-hydrogen) atoms. The predicted molar refractivity (Wildman–Crippen MR) is 105 cm³/mol. The van der Waals surface area contributed by atoms with E-state index in [9.17, 15) is 18.0 Å². The highest BCUT2D eigenvalue weighted by Crippen LogP contribution is 2.32. The first-order chi connectivity index (χ1) is 13.3. The molecule has 2 amide bonds. The molecular formula is C18H17ClN2O6S. The smallest absolute Gasteiger partial charge is 0.257 e. The Kier molecular flexibility index (Phi) is 5.48. The summed E-state index contributed by atoms with van der Waals surface area (Å²) in [5, 5.41) is 2.69. The molecular weight excluding hydrogens is 408 g/mol. The van der Waals surface area contributed by atoms with E-state index in [0.717, 1.165) is 0 Å². The lowest BCUT2D eigenvalue weighted by Gasteiger charge is -2.16. The molecule has 0 unspecified atom stereocenters. The van der Waals surface area contributed by atoms with E-state index in [4.69, 9.17) is 21.1 Å². The zero-order valence-corrected chi connectivity index (χ0v) is 16.6. The molecule has 0 spiro atoms. The molecule has 2 aromatic rings. The average Bonchev–Trinajstić information content (AvgIpc) is 2.94. The van der Waals surface area contributed by atoms with Crippen LogP contribution in [0.4, 0.5) is 11.4 Å². The molecule has 1 aliphatic rings. The summed E-state index contributed by atoms with van der Waals surface area (Å²) in [7, 11) is -0.736. The van der Waals surface area contributed by atoms with Gasteiger partial charge in [-0.15, -0.1) is 0 Å². The molecule has 0 bridgehead atoms. The number of anilines is 2. The number of benzene rings is 2. The van der Waals surface area contributed by atoms with Crippen molar-refractivity contribution in [1.82, 2.24) is 0 Å². The van der Waals surface area contributed by atoms with Crippen molar-refractivity contribution in [1.29, 1.82) is 0 Å². The van der Waals surface area contributed by atoms with Gasteiger partial charge in [-0.1, -0.05) is 11.6 Å². The first kappa shape index (κ1) is 20.0. The number of carbonyl (C=O) groups is 2.